The van der Waals surface area contributed by atoms with Crippen molar-refractivity contribution in [3.05, 3.63) is 0 Å². The summed E-state index contributed by atoms with van der Waals surface area (Å²) >= 11 is 0. The second kappa shape index (κ2) is 6.24. The summed E-state index contributed by atoms with van der Waals surface area (Å²) in [5.41, 5.74) is 0. The highest BCUT2D eigenvalue weighted by Gasteiger charge is 2.40. The highest BCUT2D eigenvalue weighted by molar-refractivity contribution is 5.96. The average Bonchev–Trinajstić information content (AvgIpc) is 3.16. The maximum atomic E-state index is 12.3. The molecule has 0 saturated carbocycles. The monoisotopic (exact) mass is 308 g/mol. The predicted molar refractivity (Wildman–Crippen MR) is 80.1 cm³/mol. The second-order valence-electron chi connectivity index (χ2n) is 6.38. The Kier molecular flexibility index (Phi) is 4.33. The van der Waals surface area contributed by atoms with E-state index in [1.54, 1.807) is 6.92 Å². The van der Waals surface area contributed by atoms with E-state index in [9.17, 15) is 14.4 Å². The van der Waals surface area contributed by atoms with E-state index in [-0.39, 0.29) is 36.5 Å². The Hall–Kier alpha value is -1.63. The van der Waals surface area contributed by atoms with Crippen LogP contribution in [0.3, 0.4) is 0 Å². The average molecular weight is 308 g/mol. The molecular weight excluding hydrogens is 284 g/mol. The number of imide groups is 1. The molecule has 7 nitrogen and oxygen atoms in total. The van der Waals surface area contributed by atoms with Gasteiger partial charge in [0.05, 0.1) is 6.54 Å². The van der Waals surface area contributed by atoms with Gasteiger partial charge in [-0.25, -0.2) is 4.79 Å². The smallest absolute Gasteiger partial charge is 0.324 e. The predicted octanol–water partition coefficient (Wildman–Crippen LogP) is 0.0135. The zero-order chi connectivity index (χ0) is 15.7. The lowest BCUT2D eigenvalue weighted by molar-refractivity contribution is -0.131. The lowest BCUT2D eigenvalue weighted by Crippen LogP contribution is -2.50. The van der Waals surface area contributed by atoms with Crippen molar-refractivity contribution in [3.63, 3.8) is 0 Å². The molecule has 3 aliphatic rings. The molecule has 0 aromatic heterocycles. The van der Waals surface area contributed by atoms with E-state index < -0.39 is 0 Å². The summed E-state index contributed by atoms with van der Waals surface area (Å²) in [5.74, 6) is -0.00568. The molecule has 0 unspecified atom stereocenters. The van der Waals surface area contributed by atoms with Crippen molar-refractivity contribution in [2.75, 3.05) is 32.7 Å². The fraction of sp³-hybridized carbons (Fsp3) is 0.800. The van der Waals surface area contributed by atoms with E-state index >= 15 is 0 Å². The molecule has 0 aromatic rings. The molecule has 122 valence electrons. The van der Waals surface area contributed by atoms with Gasteiger partial charge in [-0.2, -0.15) is 0 Å². The largest absolute Gasteiger partial charge is 0.338 e. The molecule has 2 atom stereocenters. The van der Waals surface area contributed by atoms with Crippen LogP contribution < -0.4 is 5.32 Å². The number of likely N-dealkylation sites (tertiary alicyclic amines) is 2. The van der Waals surface area contributed by atoms with Crippen LogP contribution in [-0.4, -0.2) is 77.4 Å². The first kappa shape index (κ1) is 15.3. The Labute approximate surface area is 130 Å². The van der Waals surface area contributed by atoms with Crippen molar-refractivity contribution in [3.8, 4) is 0 Å². The number of urea groups is 1. The van der Waals surface area contributed by atoms with Crippen molar-refractivity contribution in [1.82, 2.24) is 20.0 Å². The summed E-state index contributed by atoms with van der Waals surface area (Å²) in [7, 11) is 0. The maximum Gasteiger partial charge on any atom is 0.324 e. The van der Waals surface area contributed by atoms with Crippen LogP contribution in [0.4, 0.5) is 4.79 Å². The number of amides is 4. The van der Waals surface area contributed by atoms with Gasteiger partial charge in [-0.3, -0.25) is 19.4 Å². The van der Waals surface area contributed by atoms with Gasteiger partial charge in [0.25, 0.3) is 0 Å². The standard InChI is InChI=1S/C15H24N4O3/c1-11(20)18-8-3-5-13(18)12-4-2-7-17(12)10-14(21)19-9-6-16-15(19)22/h12-13H,2-10H2,1H3,(H,16,22)/t12-,13-/m1/s1. The van der Waals surface area contributed by atoms with E-state index in [1.807, 2.05) is 4.90 Å². The molecule has 22 heavy (non-hydrogen) atoms. The Bertz CT molecular complexity index is 481. The summed E-state index contributed by atoms with van der Waals surface area (Å²) < 4.78 is 0. The Balaban J connectivity index is 1.64. The highest BCUT2D eigenvalue weighted by atomic mass is 16.2. The summed E-state index contributed by atoms with van der Waals surface area (Å²) in [6, 6.07) is 0.188. The molecule has 0 spiro atoms. The molecule has 4 amide bonds. The van der Waals surface area contributed by atoms with Gasteiger partial charge in [0.15, 0.2) is 0 Å². The molecule has 3 heterocycles. The lowest BCUT2D eigenvalue weighted by Gasteiger charge is -2.34. The maximum absolute atomic E-state index is 12.3. The van der Waals surface area contributed by atoms with Gasteiger partial charge in [-0.1, -0.05) is 0 Å². The molecule has 3 saturated heterocycles. The number of carbonyl (C=O) groups is 3. The van der Waals surface area contributed by atoms with Crippen LogP contribution in [0.5, 0.6) is 0 Å². The molecule has 3 rings (SSSR count). The van der Waals surface area contributed by atoms with Crippen molar-refractivity contribution in [1.29, 1.82) is 0 Å². The SMILES string of the molecule is CC(=O)N1CCC[C@@H]1[C@H]1CCCN1CC(=O)N1CCNC1=O. The van der Waals surface area contributed by atoms with E-state index in [4.69, 9.17) is 0 Å². The zero-order valence-electron chi connectivity index (χ0n) is 13.1. The first-order chi connectivity index (χ1) is 10.6. The molecule has 7 heteroatoms. The minimum atomic E-state index is -0.285. The number of hydrogen-bond acceptors (Lipinski definition) is 4. The number of rotatable bonds is 3. The van der Waals surface area contributed by atoms with Crippen LogP contribution in [0.2, 0.25) is 0 Å². The van der Waals surface area contributed by atoms with Crippen molar-refractivity contribution in [2.45, 2.75) is 44.7 Å². The van der Waals surface area contributed by atoms with E-state index in [0.717, 1.165) is 38.8 Å². The molecule has 0 radical (unpaired) electrons. The fourth-order valence-corrected chi connectivity index (χ4v) is 4.04. The topological polar surface area (TPSA) is 73.0 Å². The van der Waals surface area contributed by atoms with Gasteiger partial charge in [-0.05, 0) is 32.2 Å². The molecular formula is C15H24N4O3. The second-order valence-corrected chi connectivity index (χ2v) is 6.38. The lowest BCUT2D eigenvalue weighted by atomic mass is 10.0. The highest BCUT2D eigenvalue weighted by Crippen LogP contribution is 2.30. The molecule has 3 aliphatic heterocycles. The Morgan fingerprint density at radius 1 is 1.14 bits per heavy atom. The molecule has 0 aliphatic carbocycles. The third-order valence-corrected chi connectivity index (χ3v) is 5.06. The van der Waals surface area contributed by atoms with E-state index in [1.165, 1.54) is 4.90 Å². The Morgan fingerprint density at radius 3 is 2.55 bits per heavy atom. The van der Waals surface area contributed by atoms with Crippen molar-refractivity contribution >= 4 is 17.8 Å². The molecule has 3 fully saturated rings. The quantitative estimate of drug-likeness (QED) is 0.797. The van der Waals surface area contributed by atoms with Crippen LogP contribution >= 0.6 is 0 Å². The van der Waals surface area contributed by atoms with Gasteiger partial charge in [-0.15, -0.1) is 0 Å². The van der Waals surface area contributed by atoms with Crippen molar-refractivity contribution < 1.29 is 14.4 Å². The first-order valence-corrected chi connectivity index (χ1v) is 8.17. The molecule has 1 N–H and O–H groups in total. The normalized spacial score (nSPS) is 29.2. The summed E-state index contributed by atoms with van der Waals surface area (Å²) in [6.07, 6.45) is 4.12. The Morgan fingerprint density at radius 2 is 1.86 bits per heavy atom. The van der Waals surface area contributed by atoms with Gasteiger partial charge < -0.3 is 10.2 Å². The third kappa shape index (κ3) is 2.82. The number of hydrogen-bond donors (Lipinski definition) is 1. The van der Waals surface area contributed by atoms with Crippen LogP contribution in [-0.2, 0) is 9.59 Å². The van der Waals surface area contributed by atoms with Gasteiger partial charge in [0.2, 0.25) is 11.8 Å². The van der Waals surface area contributed by atoms with Crippen LogP contribution in [0, 0.1) is 0 Å². The minimum absolute atomic E-state index is 0.125. The third-order valence-electron chi connectivity index (χ3n) is 5.06. The number of nitrogens with zero attached hydrogens (tertiary/aromatic N) is 3. The molecule has 0 bridgehead atoms. The first-order valence-electron chi connectivity index (χ1n) is 8.17. The van der Waals surface area contributed by atoms with Crippen molar-refractivity contribution in [2.24, 2.45) is 0 Å². The summed E-state index contributed by atoms with van der Waals surface area (Å²) in [5, 5.41) is 2.66. The van der Waals surface area contributed by atoms with Gasteiger partial charge in [0.1, 0.15) is 0 Å². The van der Waals surface area contributed by atoms with E-state index in [2.05, 4.69) is 10.2 Å². The van der Waals surface area contributed by atoms with Gasteiger partial charge in [0, 0.05) is 38.6 Å². The van der Waals surface area contributed by atoms with Crippen LogP contribution in [0.15, 0.2) is 0 Å². The van der Waals surface area contributed by atoms with Crippen LogP contribution in [0.25, 0.3) is 0 Å². The fourth-order valence-electron chi connectivity index (χ4n) is 4.04. The van der Waals surface area contributed by atoms with Crippen LogP contribution in [0.1, 0.15) is 32.6 Å². The number of nitrogens with one attached hydrogen (secondary N) is 1. The minimum Gasteiger partial charge on any atom is -0.338 e. The summed E-state index contributed by atoms with van der Waals surface area (Å²) in [4.78, 5) is 41.1. The number of carbonyl (C=O) groups excluding carboxylic acids is 3. The summed E-state index contributed by atoms with van der Waals surface area (Å²) in [6.45, 7) is 4.59. The van der Waals surface area contributed by atoms with E-state index in [0.29, 0.717) is 13.1 Å². The molecule has 0 aromatic carbocycles. The zero-order valence-corrected chi connectivity index (χ0v) is 13.1. The van der Waals surface area contributed by atoms with Gasteiger partial charge >= 0.3 is 6.03 Å².